The van der Waals surface area contributed by atoms with Gasteiger partial charge in [0.15, 0.2) is 17.1 Å². The van der Waals surface area contributed by atoms with E-state index in [0.717, 1.165) is 32.0 Å². The molecule has 1 aromatic rings. The molecule has 246 valence electrons. The fourth-order valence-corrected chi connectivity index (χ4v) is 8.22. The number of anilines is 1. The molecule has 2 amide bonds. The summed E-state index contributed by atoms with van der Waals surface area (Å²) in [6, 6.07) is -0.270. The van der Waals surface area contributed by atoms with Gasteiger partial charge in [0.05, 0.1) is 23.8 Å². The summed E-state index contributed by atoms with van der Waals surface area (Å²) in [5.41, 5.74) is 0.424. The number of nitrogens with zero attached hydrogens (tertiary/aromatic N) is 2. The maximum Gasteiger partial charge on any atom is 0.255 e. The third-order valence-electron chi connectivity index (χ3n) is 10.1. The summed E-state index contributed by atoms with van der Waals surface area (Å²) < 4.78 is 15.5. The Morgan fingerprint density at radius 2 is 1.76 bits per heavy atom. The van der Waals surface area contributed by atoms with E-state index in [9.17, 15) is 39.6 Å². The number of phenols is 1. The van der Waals surface area contributed by atoms with E-state index < -0.39 is 86.7 Å². The van der Waals surface area contributed by atoms with Crippen LogP contribution in [0.3, 0.4) is 0 Å². The number of fused-ring (bicyclic) bond motifs is 4. The van der Waals surface area contributed by atoms with E-state index in [2.05, 4.69) is 5.32 Å². The quantitative estimate of drug-likeness (QED) is 0.198. The van der Waals surface area contributed by atoms with Crippen LogP contribution in [0.1, 0.15) is 36.8 Å². The Labute approximate surface area is 270 Å². The molecule has 1 saturated heterocycles. The predicted molar refractivity (Wildman–Crippen MR) is 165 cm³/mol. The predicted octanol–water partition coefficient (Wildman–Crippen LogP) is 1.62. The number of aromatic hydroxyl groups is 1. The zero-order valence-electron chi connectivity index (χ0n) is 24.7. The molecule has 45 heavy (non-hydrogen) atoms. The van der Waals surface area contributed by atoms with Gasteiger partial charge in [-0.05, 0) is 57.5 Å². The number of nitrogens with two attached hydrogens (primary N) is 1. The minimum atomic E-state index is -2.79. The Hall–Kier alpha value is -3.23. The van der Waals surface area contributed by atoms with Crippen LogP contribution < -0.4 is 11.1 Å². The molecular weight excluding hydrogens is 634 g/mol. The van der Waals surface area contributed by atoms with Crippen molar-refractivity contribution in [2.45, 2.75) is 43.7 Å². The molecule has 7 N–H and O–H groups in total. The van der Waals surface area contributed by atoms with Crippen LogP contribution in [-0.4, -0.2) is 99.0 Å². The summed E-state index contributed by atoms with van der Waals surface area (Å²) in [6.07, 6.45) is 3.12. The molecule has 15 heteroatoms. The lowest BCUT2D eigenvalue weighted by Crippen LogP contribution is -2.65. The maximum atomic E-state index is 15.5. The Balaban J connectivity index is 0.00000230. The van der Waals surface area contributed by atoms with Gasteiger partial charge in [-0.3, -0.25) is 29.0 Å². The van der Waals surface area contributed by atoms with Crippen molar-refractivity contribution in [1.29, 1.82) is 0 Å². The summed E-state index contributed by atoms with van der Waals surface area (Å²) in [5, 5.41) is 47.6. The Morgan fingerprint density at radius 1 is 1.13 bits per heavy atom. The average Bonchev–Trinajstić information content (AvgIpc) is 3.50. The SMILES string of the molecule is CN(C)[C@@H]1C(=O)C(C(N)=O)=C(O)[C@@]2(O)C(=O)C3=C(O)c4c(O)c(NC(=O)CN5CC6CCCC6C5)cc(F)c4C[C@H]3C[C@@H]12.Cl.Cl. The van der Waals surface area contributed by atoms with Crippen LogP contribution in [0.5, 0.6) is 5.75 Å². The zero-order valence-corrected chi connectivity index (χ0v) is 26.3. The van der Waals surface area contributed by atoms with Gasteiger partial charge >= 0.3 is 0 Å². The summed E-state index contributed by atoms with van der Waals surface area (Å²) in [5.74, 6) is -8.42. The normalized spacial score (nSPS) is 30.6. The molecule has 0 radical (unpaired) electrons. The van der Waals surface area contributed by atoms with Crippen molar-refractivity contribution in [3.63, 3.8) is 0 Å². The van der Waals surface area contributed by atoms with Crippen LogP contribution >= 0.6 is 24.8 Å². The molecule has 2 unspecified atom stereocenters. The number of ketones is 2. The molecule has 0 bridgehead atoms. The number of carbonyl (C=O) groups excluding carboxylic acids is 4. The molecule has 1 aliphatic heterocycles. The van der Waals surface area contributed by atoms with Crippen LogP contribution in [0.2, 0.25) is 0 Å². The average molecular weight is 672 g/mol. The number of aliphatic hydroxyl groups is 3. The number of hydrogen-bond acceptors (Lipinski definition) is 10. The van der Waals surface area contributed by atoms with Crippen molar-refractivity contribution in [2.75, 3.05) is 39.0 Å². The Kier molecular flexibility index (Phi) is 9.37. The molecule has 1 heterocycles. The van der Waals surface area contributed by atoms with Gasteiger partial charge in [0.1, 0.15) is 22.9 Å². The van der Waals surface area contributed by atoms with Crippen molar-refractivity contribution < 1.29 is 44.0 Å². The molecule has 5 aliphatic rings. The van der Waals surface area contributed by atoms with E-state index in [4.69, 9.17) is 5.73 Å². The van der Waals surface area contributed by atoms with Crippen molar-refractivity contribution in [3.05, 3.63) is 39.9 Å². The number of Topliss-reactive ketones (excluding diaryl/α,β-unsaturated/α-hetero) is 2. The van der Waals surface area contributed by atoms with Gasteiger partial charge in [0.25, 0.3) is 5.91 Å². The highest BCUT2D eigenvalue weighted by molar-refractivity contribution is 6.24. The van der Waals surface area contributed by atoms with E-state index in [0.29, 0.717) is 11.8 Å². The lowest BCUT2D eigenvalue weighted by molar-refractivity contribution is -0.153. The number of likely N-dealkylation sites (N-methyl/N-ethyl adjacent to an activating group) is 1. The number of rotatable bonds is 5. The first-order valence-corrected chi connectivity index (χ1v) is 14.5. The Bertz CT molecular complexity index is 1540. The van der Waals surface area contributed by atoms with Crippen molar-refractivity contribution >= 4 is 59.6 Å². The van der Waals surface area contributed by atoms with E-state index >= 15 is 4.39 Å². The second-order valence-corrected chi connectivity index (χ2v) is 12.8. The minimum absolute atomic E-state index is 0. The fraction of sp³-hybridized carbons (Fsp3) is 0.533. The first-order chi connectivity index (χ1) is 20.2. The maximum absolute atomic E-state index is 15.5. The van der Waals surface area contributed by atoms with Crippen LogP contribution in [0.4, 0.5) is 10.1 Å². The second kappa shape index (κ2) is 12.2. The van der Waals surface area contributed by atoms with Crippen LogP contribution in [0.25, 0.3) is 5.76 Å². The molecule has 2 saturated carbocycles. The number of carbonyl (C=O) groups is 4. The van der Waals surface area contributed by atoms with Gasteiger partial charge in [-0.2, -0.15) is 0 Å². The number of phenolic OH excluding ortho intramolecular Hbond substituents is 1. The molecule has 6 rings (SSSR count). The highest BCUT2D eigenvalue weighted by atomic mass is 35.5. The molecule has 6 atom stereocenters. The van der Waals surface area contributed by atoms with E-state index in [1.165, 1.54) is 25.4 Å². The first kappa shape index (κ1) is 34.6. The smallest absolute Gasteiger partial charge is 0.255 e. The summed E-state index contributed by atoms with van der Waals surface area (Å²) in [4.78, 5) is 55.5. The van der Waals surface area contributed by atoms with Gasteiger partial charge in [-0.15, -0.1) is 24.8 Å². The van der Waals surface area contributed by atoms with Crippen molar-refractivity contribution in [3.8, 4) is 5.75 Å². The monoisotopic (exact) mass is 670 g/mol. The van der Waals surface area contributed by atoms with Crippen LogP contribution in [0, 0.1) is 29.5 Å². The van der Waals surface area contributed by atoms with E-state index in [-0.39, 0.29) is 55.5 Å². The van der Waals surface area contributed by atoms with Gasteiger partial charge in [0.2, 0.25) is 11.7 Å². The van der Waals surface area contributed by atoms with Crippen LogP contribution in [-0.2, 0) is 25.6 Å². The molecule has 0 aromatic heterocycles. The number of nitrogens with one attached hydrogen (secondary N) is 1. The largest absolute Gasteiger partial charge is 0.508 e. The number of halogens is 3. The Morgan fingerprint density at radius 3 is 2.33 bits per heavy atom. The highest BCUT2D eigenvalue weighted by Crippen LogP contribution is 2.53. The van der Waals surface area contributed by atoms with E-state index in [1.807, 2.05) is 4.90 Å². The second-order valence-electron chi connectivity index (χ2n) is 12.8. The number of hydrogen-bond donors (Lipinski definition) is 6. The number of benzene rings is 1. The third kappa shape index (κ3) is 5.18. The molecule has 0 spiro atoms. The lowest BCUT2D eigenvalue weighted by atomic mass is 9.57. The number of amides is 2. The molecule has 4 aliphatic carbocycles. The first-order valence-electron chi connectivity index (χ1n) is 14.5. The topological polar surface area (TPSA) is 194 Å². The standard InChI is InChI=1S/C30H35FN4O8.2ClH/c1-34(2)23-16-7-14-6-15-17(31)8-18(33-19(36)11-35-9-12-4-3-5-13(12)10-35)24(37)21(15)25(38)20(14)27(40)30(16,43)28(41)22(26(23)39)29(32)42;;/h8,12-14,16,23,37-38,41,43H,3-7,9-11H2,1-2H3,(H2,32,42)(H,33,36);2*1H/t12?,13?,14-,16-,23-,30-;;/m0../s1. The molecular formula is C30H37Cl2FN4O8. The number of primary amides is 1. The van der Waals surface area contributed by atoms with Crippen molar-refractivity contribution in [1.82, 2.24) is 9.80 Å². The molecule has 12 nitrogen and oxygen atoms in total. The minimum Gasteiger partial charge on any atom is -0.508 e. The molecule has 1 aromatic carbocycles. The van der Waals surface area contributed by atoms with E-state index in [1.54, 1.807) is 0 Å². The third-order valence-corrected chi connectivity index (χ3v) is 10.1. The highest BCUT2D eigenvalue weighted by Gasteiger charge is 2.64. The lowest BCUT2D eigenvalue weighted by Gasteiger charge is -2.50. The number of aliphatic hydroxyl groups excluding tert-OH is 2. The fourth-order valence-electron chi connectivity index (χ4n) is 8.22. The van der Waals surface area contributed by atoms with Crippen molar-refractivity contribution in [2.24, 2.45) is 29.4 Å². The summed E-state index contributed by atoms with van der Waals surface area (Å²) in [6.45, 7) is 1.64. The van der Waals surface area contributed by atoms with Gasteiger partial charge < -0.3 is 31.5 Å². The van der Waals surface area contributed by atoms with Gasteiger partial charge in [-0.25, -0.2) is 4.39 Å². The zero-order chi connectivity index (χ0) is 31.1. The van der Waals surface area contributed by atoms with Crippen LogP contribution in [0.15, 0.2) is 23.0 Å². The number of likely N-dealkylation sites (tertiary alicyclic amines) is 1. The van der Waals surface area contributed by atoms with Gasteiger partial charge in [-0.1, -0.05) is 6.42 Å². The molecule has 3 fully saturated rings. The summed E-state index contributed by atoms with van der Waals surface area (Å²) in [7, 11) is 2.99. The van der Waals surface area contributed by atoms with Gasteiger partial charge in [0, 0.05) is 36.2 Å². The summed E-state index contributed by atoms with van der Waals surface area (Å²) >= 11 is 0.